The number of carbonyl (C=O) groups is 2. The number of nitrogens with zero attached hydrogens (tertiary/aromatic N) is 1. The predicted molar refractivity (Wildman–Crippen MR) is 63.1 cm³/mol. The quantitative estimate of drug-likeness (QED) is 0.554. The van der Waals surface area contributed by atoms with E-state index in [4.69, 9.17) is 5.11 Å². The zero-order valence-corrected chi connectivity index (χ0v) is 10.0. The monoisotopic (exact) mass is 225 g/mol. The molecule has 90 valence electrons. The van der Waals surface area contributed by atoms with Crippen LogP contribution in [0.25, 0.3) is 0 Å². The second kappa shape index (κ2) is 7.68. The lowest BCUT2D eigenvalue weighted by Crippen LogP contribution is -2.40. The molecule has 0 aromatic carbocycles. The van der Waals surface area contributed by atoms with Crippen molar-refractivity contribution in [2.45, 2.75) is 33.2 Å². The van der Waals surface area contributed by atoms with Crippen molar-refractivity contribution in [2.24, 2.45) is 0 Å². The Balaban J connectivity index is 4.61. The van der Waals surface area contributed by atoms with Crippen LogP contribution in [-0.2, 0) is 9.59 Å². The molecule has 1 atom stereocenters. The van der Waals surface area contributed by atoms with Crippen LogP contribution in [-0.4, -0.2) is 34.5 Å². The number of hydrogen-bond acceptors (Lipinski definition) is 2. The molecule has 4 nitrogen and oxygen atoms in total. The van der Waals surface area contributed by atoms with E-state index in [-0.39, 0.29) is 18.5 Å². The van der Waals surface area contributed by atoms with E-state index in [1.807, 2.05) is 20.8 Å². The first kappa shape index (κ1) is 14.4. The molecule has 0 saturated heterocycles. The highest BCUT2D eigenvalue weighted by Crippen LogP contribution is 2.04. The molecule has 0 heterocycles. The molecule has 1 amide bonds. The van der Waals surface area contributed by atoms with Gasteiger partial charge in [0.15, 0.2) is 0 Å². The molecule has 0 rings (SSSR count). The highest BCUT2D eigenvalue weighted by Gasteiger charge is 2.19. The fourth-order valence-electron chi connectivity index (χ4n) is 1.16. The van der Waals surface area contributed by atoms with Gasteiger partial charge in [0.1, 0.15) is 6.54 Å². The molecule has 0 aliphatic rings. The molecule has 0 aliphatic carbocycles. The molecule has 0 fully saturated rings. The van der Waals surface area contributed by atoms with Crippen molar-refractivity contribution in [2.75, 3.05) is 6.54 Å². The smallest absolute Gasteiger partial charge is 0.323 e. The molecular formula is C12H19NO3. The van der Waals surface area contributed by atoms with Crippen LogP contribution in [0.15, 0.2) is 24.3 Å². The van der Waals surface area contributed by atoms with E-state index in [2.05, 4.69) is 0 Å². The van der Waals surface area contributed by atoms with Gasteiger partial charge in [0.25, 0.3) is 0 Å². The lowest BCUT2D eigenvalue weighted by molar-refractivity contribution is -0.144. The third kappa shape index (κ3) is 5.34. The summed E-state index contributed by atoms with van der Waals surface area (Å²) in [4.78, 5) is 23.7. The summed E-state index contributed by atoms with van der Waals surface area (Å²) in [6.45, 7) is 5.35. The normalized spacial score (nSPS) is 13.2. The fraction of sp³-hybridized carbons (Fsp3) is 0.500. The Morgan fingerprint density at radius 1 is 1.38 bits per heavy atom. The zero-order valence-electron chi connectivity index (χ0n) is 10.0. The first-order chi connectivity index (χ1) is 7.52. The minimum Gasteiger partial charge on any atom is -0.480 e. The molecule has 1 unspecified atom stereocenters. The Hall–Kier alpha value is -1.58. The second-order valence-electron chi connectivity index (χ2n) is 3.50. The Morgan fingerprint density at radius 3 is 2.44 bits per heavy atom. The summed E-state index contributed by atoms with van der Waals surface area (Å²) >= 11 is 0. The number of aliphatic carboxylic acids is 1. The van der Waals surface area contributed by atoms with Gasteiger partial charge < -0.3 is 10.0 Å². The van der Waals surface area contributed by atoms with Crippen molar-refractivity contribution < 1.29 is 14.7 Å². The Labute approximate surface area is 96.3 Å². The Bertz CT molecular complexity index is 295. The first-order valence-corrected chi connectivity index (χ1v) is 5.34. The summed E-state index contributed by atoms with van der Waals surface area (Å²) in [5.74, 6) is -1.26. The molecule has 0 aromatic rings. The van der Waals surface area contributed by atoms with Gasteiger partial charge in [-0.2, -0.15) is 0 Å². The first-order valence-electron chi connectivity index (χ1n) is 5.34. The maximum atomic E-state index is 11.7. The molecule has 0 spiro atoms. The average Bonchev–Trinajstić information content (AvgIpc) is 2.24. The highest BCUT2D eigenvalue weighted by molar-refractivity contribution is 5.90. The number of carboxylic acids is 1. The molecule has 0 saturated carbocycles. The van der Waals surface area contributed by atoms with Gasteiger partial charge in [-0.15, -0.1) is 0 Å². The van der Waals surface area contributed by atoms with Gasteiger partial charge in [-0.25, -0.2) is 0 Å². The van der Waals surface area contributed by atoms with Crippen molar-refractivity contribution in [3.63, 3.8) is 0 Å². The van der Waals surface area contributed by atoms with Gasteiger partial charge in [-0.1, -0.05) is 25.2 Å². The van der Waals surface area contributed by atoms with E-state index in [0.29, 0.717) is 0 Å². The van der Waals surface area contributed by atoms with Crippen LogP contribution in [0.1, 0.15) is 27.2 Å². The maximum absolute atomic E-state index is 11.7. The van der Waals surface area contributed by atoms with Crippen molar-refractivity contribution >= 4 is 11.9 Å². The standard InChI is InChI=1S/C12H19NO3/c1-4-6-7-8-11(14)13(9-12(15)16)10(3)5-2/h4,6-8,10H,5,9H2,1-3H3,(H,15,16)/b6-4+,8-7+. The van der Waals surface area contributed by atoms with E-state index < -0.39 is 5.97 Å². The van der Waals surface area contributed by atoms with Crippen molar-refractivity contribution in [3.05, 3.63) is 24.3 Å². The molecule has 0 radical (unpaired) electrons. The van der Waals surface area contributed by atoms with Crippen molar-refractivity contribution in [1.82, 2.24) is 4.90 Å². The molecule has 0 aliphatic heterocycles. The van der Waals surface area contributed by atoms with Gasteiger partial charge in [0, 0.05) is 12.1 Å². The van der Waals surface area contributed by atoms with Gasteiger partial charge in [0.05, 0.1) is 0 Å². The summed E-state index contributed by atoms with van der Waals surface area (Å²) in [6.07, 6.45) is 7.26. The molecule has 16 heavy (non-hydrogen) atoms. The highest BCUT2D eigenvalue weighted by atomic mass is 16.4. The minimum atomic E-state index is -0.993. The van der Waals surface area contributed by atoms with Gasteiger partial charge in [-0.05, 0) is 20.3 Å². The number of carboxylic acid groups (broad SMARTS) is 1. The van der Waals surface area contributed by atoms with Crippen LogP contribution in [0.3, 0.4) is 0 Å². The average molecular weight is 225 g/mol. The van der Waals surface area contributed by atoms with Gasteiger partial charge >= 0.3 is 5.97 Å². The lowest BCUT2D eigenvalue weighted by Gasteiger charge is -2.25. The van der Waals surface area contributed by atoms with Crippen LogP contribution in [0.4, 0.5) is 0 Å². The second-order valence-corrected chi connectivity index (χ2v) is 3.50. The van der Waals surface area contributed by atoms with Crippen LogP contribution in [0.5, 0.6) is 0 Å². The summed E-state index contributed by atoms with van der Waals surface area (Å²) in [7, 11) is 0. The van der Waals surface area contributed by atoms with Crippen LogP contribution in [0, 0.1) is 0 Å². The number of rotatable bonds is 6. The van der Waals surface area contributed by atoms with E-state index in [9.17, 15) is 9.59 Å². The van der Waals surface area contributed by atoms with E-state index in [1.54, 1.807) is 18.2 Å². The van der Waals surface area contributed by atoms with Gasteiger partial charge in [0.2, 0.25) is 5.91 Å². The van der Waals surface area contributed by atoms with Crippen molar-refractivity contribution in [3.8, 4) is 0 Å². The molecule has 1 N–H and O–H groups in total. The largest absolute Gasteiger partial charge is 0.480 e. The molecule has 0 aromatic heterocycles. The SMILES string of the molecule is C/C=C/C=C/C(=O)N(CC(=O)O)C(C)CC. The molecular weight excluding hydrogens is 206 g/mol. The third-order valence-electron chi connectivity index (χ3n) is 2.25. The summed E-state index contributed by atoms with van der Waals surface area (Å²) < 4.78 is 0. The number of hydrogen-bond donors (Lipinski definition) is 1. The van der Waals surface area contributed by atoms with Crippen molar-refractivity contribution in [1.29, 1.82) is 0 Å². The van der Waals surface area contributed by atoms with E-state index in [1.165, 1.54) is 11.0 Å². The summed E-state index contributed by atoms with van der Waals surface area (Å²) in [5, 5.41) is 8.72. The molecule has 4 heteroatoms. The summed E-state index contributed by atoms with van der Waals surface area (Å²) in [6, 6.07) is -0.0705. The fourth-order valence-corrected chi connectivity index (χ4v) is 1.16. The number of allylic oxidation sites excluding steroid dienone is 3. The number of amides is 1. The van der Waals surface area contributed by atoms with Crippen LogP contribution < -0.4 is 0 Å². The molecule has 0 bridgehead atoms. The predicted octanol–water partition coefficient (Wildman–Crippen LogP) is 1.83. The summed E-state index contributed by atoms with van der Waals surface area (Å²) in [5.41, 5.74) is 0. The zero-order chi connectivity index (χ0) is 12.6. The number of carbonyl (C=O) groups excluding carboxylic acids is 1. The Morgan fingerprint density at radius 2 is 2.00 bits per heavy atom. The third-order valence-corrected chi connectivity index (χ3v) is 2.25. The van der Waals surface area contributed by atoms with Crippen LogP contribution >= 0.6 is 0 Å². The van der Waals surface area contributed by atoms with Gasteiger partial charge in [-0.3, -0.25) is 9.59 Å². The van der Waals surface area contributed by atoms with Crippen LogP contribution in [0.2, 0.25) is 0 Å². The minimum absolute atomic E-state index is 0.0705. The van der Waals surface area contributed by atoms with E-state index in [0.717, 1.165) is 6.42 Å². The lowest BCUT2D eigenvalue weighted by atomic mass is 10.2. The Kier molecular flexibility index (Phi) is 6.92. The maximum Gasteiger partial charge on any atom is 0.323 e. The van der Waals surface area contributed by atoms with E-state index >= 15 is 0 Å². The topological polar surface area (TPSA) is 57.6 Å².